The Morgan fingerprint density at radius 1 is 1.13 bits per heavy atom. The van der Waals surface area contributed by atoms with E-state index in [2.05, 4.69) is 0 Å². The molecule has 1 saturated heterocycles. The van der Waals surface area contributed by atoms with Crippen molar-refractivity contribution in [1.82, 2.24) is 4.90 Å². The van der Waals surface area contributed by atoms with Crippen LogP contribution < -0.4 is 9.64 Å². The van der Waals surface area contributed by atoms with Crippen LogP contribution >= 0.6 is 0 Å². The minimum Gasteiger partial charge on any atom is -0.495 e. The summed E-state index contributed by atoms with van der Waals surface area (Å²) < 4.78 is 19.0. The second-order valence-electron chi connectivity index (χ2n) is 7.99. The number of piperidine rings is 1. The molecule has 7 heteroatoms. The van der Waals surface area contributed by atoms with E-state index in [1.807, 2.05) is 17.9 Å². The maximum absolute atomic E-state index is 13.7. The van der Waals surface area contributed by atoms with Crippen molar-refractivity contribution in [2.75, 3.05) is 31.7 Å². The number of hydrogen-bond donors (Lipinski definition) is 1. The number of aryl methyl sites for hydroxylation is 1. The Bertz CT molecular complexity index is 1050. The molecule has 0 aliphatic carbocycles. The Kier molecular flexibility index (Phi) is 5.78. The Morgan fingerprint density at radius 3 is 2.55 bits per heavy atom. The first kappa shape index (κ1) is 21.1. The van der Waals surface area contributed by atoms with Crippen LogP contribution in [0.25, 0.3) is 5.57 Å². The van der Waals surface area contributed by atoms with Crippen molar-refractivity contribution >= 4 is 23.1 Å². The SMILES string of the molecule is COc1ccc(C)cc1N1C(=O)C(c2ccc(F)cc2)=C(N2CCCC(CO)C2)C1=O. The van der Waals surface area contributed by atoms with Gasteiger partial charge in [-0.2, -0.15) is 0 Å². The lowest BCUT2D eigenvalue weighted by Crippen LogP contribution is -2.40. The summed E-state index contributed by atoms with van der Waals surface area (Å²) >= 11 is 0. The van der Waals surface area contributed by atoms with Gasteiger partial charge in [0.15, 0.2) is 0 Å². The summed E-state index contributed by atoms with van der Waals surface area (Å²) in [6.45, 7) is 2.98. The highest BCUT2D eigenvalue weighted by Crippen LogP contribution is 2.40. The van der Waals surface area contributed by atoms with E-state index in [0.717, 1.165) is 23.3 Å². The van der Waals surface area contributed by atoms with Gasteiger partial charge in [-0.15, -0.1) is 0 Å². The van der Waals surface area contributed by atoms with Crippen molar-refractivity contribution in [3.63, 3.8) is 0 Å². The third kappa shape index (κ3) is 3.81. The van der Waals surface area contributed by atoms with Crippen LogP contribution in [0.5, 0.6) is 5.75 Å². The number of ether oxygens (including phenoxy) is 1. The number of rotatable bonds is 5. The summed E-state index contributed by atoms with van der Waals surface area (Å²) in [6, 6.07) is 10.9. The molecule has 2 amide bonds. The molecule has 2 heterocycles. The summed E-state index contributed by atoms with van der Waals surface area (Å²) in [6.07, 6.45) is 1.67. The quantitative estimate of drug-likeness (QED) is 0.747. The molecule has 2 aliphatic heterocycles. The van der Waals surface area contributed by atoms with Crippen LogP contribution in [-0.2, 0) is 9.59 Å². The lowest BCUT2D eigenvalue weighted by molar-refractivity contribution is -0.120. The smallest absolute Gasteiger partial charge is 0.282 e. The summed E-state index contributed by atoms with van der Waals surface area (Å²) in [4.78, 5) is 30.3. The van der Waals surface area contributed by atoms with Crippen LogP contribution in [-0.4, -0.2) is 48.6 Å². The van der Waals surface area contributed by atoms with Gasteiger partial charge in [0, 0.05) is 19.7 Å². The van der Waals surface area contributed by atoms with Gasteiger partial charge in [-0.05, 0) is 61.1 Å². The highest BCUT2D eigenvalue weighted by Gasteiger charge is 2.44. The Hall–Kier alpha value is -3.19. The highest BCUT2D eigenvalue weighted by atomic mass is 19.1. The van der Waals surface area contributed by atoms with E-state index in [-0.39, 0.29) is 18.1 Å². The van der Waals surface area contributed by atoms with Crippen LogP contribution in [0.2, 0.25) is 0 Å². The number of hydrogen-bond acceptors (Lipinski definition) is 5. The first-order chi connectivity index (χ1) is 14.9. The largest absolute Gasteiger partial charge is 0.495 e. The molecule has 0 saturated carbocycles. The molecular weight excluding hydrogens is 399 g/mol. The molecule has 2 aromatic carbocycles. The Morgan fingerprint density at radius 2 is 1.87 bits per heavy atom. The lowest BCUT2D eigenvalue weighted by atomic mass is 9.97. The molecule has 0 radical (unpaired) electrons. The molecule has 1 fully saturated rings. The van der Waals surface area contributed by atoms with Crippen LogP contribution in [0.3, 0.4) is 0 Å². The number of aliphatic hydroxyl groups is 1. The molecule has 1 atom stereocenters. The van der Waals surface area contributed by atoms with Crippen molar-refractivity contribution < 1.29 is 23.8 Å². The fraction of sp³-hybridized carbons (Fsp3) is 0.333. The topological polar surface area (TPSA) is 70.1 Å². The highest BCUT2D eigenvalue weighted by molar-refractivity contribution is 6.45. The van der Waals surface area contributed by atoms with Crippen molar-refractivity contribution in [3.05, 3.63) is 65.1 Å². The number of anilines is 1. The van der Waals surface area contributed by atoms with Gasteiger partial charge in [0.25, 0.3) is 11.8 Å². The summed E-state index contributed by atoms with van der Waals surface area (Å²) in [5.74, 6) is -0.883. The summed E-state index contributed by atoms with van der Waals surface area (Å²) in [5.41, 5.74) is 2.27. The average Bonchev–Trinajstić information content (AvgIpc) is 3.04. The number of imide groups is 1. The first-order valence-electron chi connectivity index (χ1n) is 10.3. The molecule has 0 spiro atoms. The van der Waals surface area contributed by atoms with Gasteiger partial charge >= 0.3 is 0 Å². The number of nitrogens with zero attached hydrogens (tertiary/aromatic N) is 2. The number of aliphatic hydroxyl groups excluding tert-OH is 1. The second-order valence-corrected chi connectivity index (χ2v) is 7.99. The minimum atomic E-state index is -0.471. The Labute approximate surface area is 180 Å². The number of benzene rings is 2. The minimum absolute atomic E-state index is 0.0210. The molecule has 31 heavy (non-hydrogen) atoms. The number of halogens is 1. The number of carbonyl (C=O) groups is 2. The van der Waals surface area contributed by atoms with E-state index in [0.29, 0.717) is 35.8 Å². The molecule has 4 rings (SSSR count). The van der Waals surface area contributed by atoms with E-state index in [9.17, 15) is 19.1 Å². The summed E-state index contributed by atoms with van der Waals surface area (Å²) in [5, 5.41) is 9.65. The summed E-state index contributed by atoms with van der Waals surface area (Å²) in [7, 11) is 1.49. The average molecular weight is 424 g/mol. The number of methoxy groups -OCH3 is 1. The van der Waals surface area contributed by atoms with Gasteiger partial charge < -0.3 is 14.7 Å². The molecule has 2 aliphatic rings. The van der Waals surface area contributed by atoms with Crippen LogP contribution in [0.15, 0.2) is 48.2 Å². The Balaban J connectivity index is 1.85. The molecule has 1 unspecified atom stereocenters. The van der Waals surface area contributed by atoms with Gasteiger partial charge in [-0.25, -0.2) is 9.29 Å². The molecule has 2 aromatic rings. The van der Waals surface area contributed by atoms with Crippen molar-refractivity contribution in [2.45, 2.75) is 19.8 Å². The fourth-order valence-electron chi connectivity index (χ4n) is 4.30. The molecule has 6 nitrogen and oxygen atoms in total. The van der Waals surface area contributed by atoms with E-state index < -0.39 is 17.6 Å². The van der Waals surface area contributed by atoms with Crippen LogP contribution in [0, 0.1) is 18.7 Å². The molecular formula is C24H25FN2O4. The van der Waals surface area contributed by atoms with E-state index >= 15 is 0 Å². The molecule has 0 bridgehead atoms. The monoisotopic (exact) mass is 424 g/mol. The third-order valence-corrected chi connectivity index (χ3v) is 5.86. The van der Waals surface area contributed by atoms with Gasteiger partial charge in [-0.1, -0.05) is 18.2 Å². The van der Waals surface area contributed by atoms with Crippen LogP contribution in [0.4, 0.5) is 10.1 Å². The van der Waals surface area contributed by atoms with Crippen molar-refractivity contribution in [1.29, 1.82) is 0 Å². The number of likely N-dealkylation sites (tertiary alicyclic amines) is 1. The molecule has 162 valence electrons. The molecule has 1 N–H and O–H groups in total. The van der Waals surface area contributed by atoms with Gasteiger partial charge in [0.05, 0.1) is 18.4 Å². The van der Waals surface area contributed by atoms with Gasteiger partial charge in [0.2, 0.25) is 0 Å². The zero-order valence-corrected chi connectivity index (χ0v) is 17.6. The van der Waals surface area contributed by atoms with E-state index in [1.165, 1.54) is 31.4 Å². The van der Waals surface area contributed by atoms with Crippen molar-refractivity contribution in [3.8, 4) is 5.75 Å². The number of amides is 2. The second kappa shape index (κ2) is 8.51. The first-order valence-corrected chi connectivity index (χ1v) is 10.3. The zero-order valence-electron chi connectivity index (χ0n) is 17.6. The van der Waals surface area contributed by atoms with E-state index in [4.69, 9.17) is 4.74 Å². The van der Waals surface area contributed by atoms with Crippen LogP contribution in [0.1, 0.15) is 24.0 Å². The predicted molar refractivity (Wildman–Crippen MR) is 115 cm³/mol. The van der Waals surface area contributed by atoms with Gasteiger partial charge in [-0.3, -0.25) is 9.59 Å². The van der Waals surface area contributed by atoms with Gasteiger partial charge in [0.1, 0.15) is 17.3 Å². The number of carbonyl (C=O) groups excluding carboxylic acids is 2. The maximum Gasteiger partial charge on any atom is 0.282 e. The fourth-order valence-corrected chi connectivity index (χ4v) is 4.30. The molecule has 0 aromatic heterocycles. The predicted octanol–water partition coefficient (Wildman–Crippen LogP) is 3.13. The normalized spacial score (nSPS) is 19.4. The standard InChI is InChI=1S/C24H25FN2O4/c1-15-5-10-20(31-2)19(12-15)27-23(29)21(17-6-8-18(25)9-7-17)22(24(27)30)26-11-3-4-16(13-26)14-28/h5-10,12,16,28H,3-4,11,13-14H2,1-2H3. The zero-order chi connectivity index (χ0) is 22.1. The van der Waals surface area contributed by atoms with E-state index in [1.54, 1.807) is 12.1 Å². The lowest BCUT2D eigenvalue weighted by Gasteiger charge is -2.34. The third-order valence-electron chi connectivity index (χ3n) is 5.86. The maximum atomic E-state index is 13.7. The van der Waals surface area contributed by atoms with Crippen molar-refractivity contribution in [2.24, 2.45) is 5.92 Å².